The lowest BCUT2D eigenvalue weighted by atomic mass is 10.1. The fourth-order valence-electron chi connectivity index (χ4n) is 4.46. The number of fused-ring (bicyclic) bond motifs is 1. The van der Waals surface area contributed by atoms with Crippen molar-refractivity contribution in [3.05, 3.63) is 84.9 Å². The highest BCUT2D eigenvalue weighted by Gasteiger charge is 2.29. The summed E-state index contributed by atoms with van der Waals surface area (Å²) in [6.07, 6.45) is 0. The van der Waals surface area contributed by atoms with Crippen LogP contribution in [0.15, 0.2) is 89.8 Å². The number of sulfonamides is 1. The van der Waals surface area contributed by atoms with Gasteiger partial charge in [-0.25, -0.2) is 8.42 Å². The smallest absolute Gasteiger partial charge is 0.243 e. The molecule has 0 aliphatic carbocycles. The molecule has 4 aromatic rings. The topological polar surface area (TPSA) is 84.9 Å². The molecule has 2 aliphatic rings. The molecule has 0 N–H and O–H groups in total. The van der Waals surface area contributed by atoms with E-state index in [9.17, 15) is 8.42 Å². The van der Waals surface area contributed by atoms with Crippen molar-refractivity contribution in [1.29, 1.82) is 0 Å². The largest absolute Gasteiger partial charge is 0.454 e. The molecule has 0 bridgehead atoms. The number of hydrogen-bond acceptors (Lipinski definition) is 7. The van der Waals surface area contributed by atoms with Gasteiger partial charge in [-0.05, 0) is 53.6 Å². The van der Waals surface area contributed by atoms with Crippen LogP contribution in [0.3, 0.4) is 0 Å². The lowest BCUT2D eigenvalue weighted by Crippen LogP contribution is -2.48. The standard InChI is InChI=1S/C27H24N4O4S/c32-36(33,23-9-6-21(7-10-23)20-4-2-1-3-5-20)31-16-14-30(15-17-31)27-13-11-24(28-29-27)22-8-12-25-26(18-22)35-19-34-25/h1-13,18H,14-17,19H2. The van der Waals surface area contributed by atoms with E-state index >= 15 is 0 Å². The maximum absolute atomic E-state index is 13.2. The Hall–Kier alpha value is -3.95. The van der Waals surface area contributed by atoms with E-state index in [-0.39, 0.29) is 6.79 Å². The van der Waals surface area contributed by atoms with Crippen LogP contribution in [0.4, 0.5) is 5.82 Å². The minimum atomic E-state index is -3.57. The highest BCUT2D eigenvalue weighted by atomic mass is 32.2. The maximum Gasteiger partial charge on any atom is 0.243 e. The lowest BCUT2D eigenvalue weighted by molar-refractivity contribution is 0.174. The van der Waals surface area contributed by atoms with E-state index < -0.39 is 10.0 Å². The Balaban J connectivity index is 1.11. The molecule has 3 aromatic carbocycles. The third kappa shape index (κ3) is 4.27. The summed E-state index contributed by atoms with van der Waals surface area (Å²) in [7, 11) is -3.57. The van der Waals surface area contributed by atoms with E-state index in [0.29, 0.717) is 36.8 Å². The minimum absolute atomic E-state index is 0.226. The van der Waals surface area contributed by atoms with Crippen molar-refractivity contribution in [2.24, 2.45) is 0 Å². The second-order valence-electron chi connectivity index (χ2n) is 8.63. The zero-order chi connectivity index (χ0) is 24.5. The Labute approximate surface area is 209 Å². The fraction of sp³-hybridized carbons (Fsp3) is 0.185. The molecule has 8 nitrogen and oxygen atoms in total. The van der Waals surface area contributed by atoms with Gasteiger partial charge in [0.2, 0.25) is 16.8 Å². The molecule has 0 atom stereocenters. The molecule has 6 rings (SSSR count). The van der Waals surface area contributed by atoms with Crippen LogP contribution in [-0.2, 0) is 10.0 Å². The highest BCUT2D eigenvalue weighted by molar-refractivity contribution is 7.89. The summed E-state index contributed by atoms with van der Waals surface area (Å²) in [5.41, 5.74) is 3.67. The van der Waals surface area contributed by atoms with Gasteiger partial charge in [0.1, 0.15) is 0 Å². The lowest BCUT2D eigenvalue weighted by Gasteiger charge is -2.34. The first-order chi connectivity index (χ1) is 17.6. The summed E-state index contributed by atoms with van der Waals surface area (Å²) in [6.45, 7) is 2.07. The maximum atomic E-state index is 13.2. The summed E-state index contributed by atoms with van der Waals surface area (Å²) in [4.78, 5) is 2.37. The normalized spacial score (nSPS) is 15.7. The number of nitrogens with zero attached hydrogens (tertiary/aromatic N) is 4. The molecule has 1 saturated heterocycles. The molecular formula is C27H24N4O4S. The van der Waals surface area contributed by atoms with E-state index in [1.807, 2.05) is 72.8 Å². The molecule has 0 unspecified atom stereocenters. The van der Waals surface area contributed by atoms with Crippen molar-refractivity contribution in [3.63, 3.8) is 0 Å². The van der Waals surface area contributed by atoms with E-state index in [4.69, 9.17) is 9.47 Å². The fourth-order valence-corrected chi connectivity index (χ4v) is 5.88. The van der Waals surface area contributed by atoms with E-state index in [0.717, 1.165) is 34.0 Å². The molecule has 0 amide bonds. The van der Waals surface area contributed by atoms with Gasteiger partial charge in [-0.1, -0.05) is 42.5 Å². The van der Waals surface area contributed by atoms with Gasteiger partial charge in [0.25, 0.3) is 0 Å². The first kappa shape index (κ1) is 22.5. The number of hydrogen-bond donors (Lipinski definition) is 0. The van der Waals surface area contributed by atoms with Crippen molar-refractivity contribution in [1.82, 2.24) is 14.5 Å². The van der Waals surface area contributed by atoms with Crippen LogP contribution >= 0.6 is 0 Å². The zero-order valence-electron chi connectivity index (χ0n) is 19.4. The van der Waals surface area contributed by atoms with Crippen molar-refractivity contribution >= 4 is 15.8 Å². The SMILES string of the molecule is O=S(=O)(c1ccc(-c2ccccc2)cc1)N1CCN(c2ccc(-c3ccc4c(c3)OCO4)nn2)CC1. The predicted octanol–water partition coefficient (Wildman–Crippen LogP) is 4.05. The first-order valence-corrected chi connectivity index (χ1v) is 13.2. The Bertz CT molecular complexity index is 1470. The predicted molar refractivity (Wildman–Crippen MR) is 136 cm³/mol. The van der Waals surface area contributed by atoms with Crippen LogP contribution in [0.25, 0.3) is 22.4 Å². The van der Waals surface area contributed by atoms with Crippen LogP contribution in [-0.4, -0.2) is 55.9 Å². The number of piperazine rings is 1. The van der Waals surface area contributed by atoms with Crippen molar-refractivity contribution in [3.8, 4) is 33.9 Å². The number of ether oxygens (including phenoxy) is 2. The second kappa shape index (κ2) is 9.25. The molecule has 0 radical (unpaired) electrons. The van der Waals surface area contributed by atoms with Gasteiger partial charge in [-0.3, -0.25) is 0 Å². The second-order valence-corrected chi connectivity index (χ2v) is 10.6. The molecule has 0 saturated carbocycles. The van der Waals surface area contributed by atoms with Crippen LogP contribution in [0.1, 0.15) is 0 Å². The Morgan fingerprint density at radius 1 is 0.667 bits per heavy atom. The van der Waals surface area contributed by atoms with Gasteiger partial charge in [0.05, 0.1) is 10.6 Å². The van der Waals surface area contributed by atoms with Crippen LogP contribution in [0.5, 0.6) is 11.5 Å². The quantitative estimate of drug-likeness (QED) is 0.409. The highest BCUT2D eigenvalue weighted by Crippen LogP contribution is 2.35. The molecule has 182 valence electrons. The first-order valence-electron chi connectivity index (χ1n) is 11.7. The average molecular weight is 501 g/mol. The Morgan fingerprint density at radius 2 is 1.36 bits per heavy atom. The van der Waals surface area contributed by atoms with Crippen molar-refractivity contribution in [2.75, 3.05) is 37.9 Å². The number of benzene rings is 3. The molecule has 3 heterocycles. The summed E-state index contributed by atoms with van der Waals surface area (Å²) >= 11 is 0. The van der Waals surface area contributed by atoms with E-state index in [1.165, 1.54) is 4.31 Å². The monoisotopic (exact) mass is 500 g/mol. The van der Waals surface area contributed by atoms with Crippen molar-refractivity contribution in [2.45, 2.75) is 4.90 Å². The van der Waals surface area contributed by atoms with Crippen LogP contribution < -0.4 is 14.4 Å². The van der Waals surface area contributed by atoms with E-state index in [1.54, 1.807) is 12.1 Å². The van der Waals surface area contributed by atoms with Gasteiger partial charge in [-0.15, -0.1) is 10.2 Å². The molecular weight excluding hydrogens is 476 g/mol. The third-order valence-corrected chi connectivity index (χ3v) is 8.39. The van der Waals surface area contributed by atoms with Gasteiger partial charge in [0.15, 0.2) is 17.3 Å². The van der Waals surface area contributed by atoms with E-state index in [2.05, 4.69) is 15.1 Å². The molecule has 0 spiro atoms. The Morgan fingerprint density at radius 3 is 2.08 bits per heavy atom. The third-order valence-electron chi connectivity index (χ3n) is 6.48. The summed E-state index contributed by atoms with van der Waals surface area (Å²) in [6, 6.07) is 26.5. The summed E-state index contributed by atoms with van der Waals surface area (Å²) < 4.78 is 38.8. The molecule has 1 fully saturated rings. The molecule has 2 aliphatic heterocycles. The van der Waals surface area contributed by atoms with Crippen LogP contribution in [0.2, 0.25) is 0 Å². The number of anilines is 1. The molecule has 9 heteroatoms. The van der Waals surface area contributed by atoms with Gasteiger partial charge in [-0.2, -0.15) is 4.31 Å². The minimum Gasteiger partial charge on any atom is -0.454 e. The zero-order valence-corrected chi connectivity index (χ0v) is 20.3. The van der Waals surface area contributed by atoms with Gasteiger partial charge >= 0.3 is 0 Å². The van der Waals surface area contributed by atoms with Crippen LogP contribution in [0, 0.1) is 0 Å². The number of rotatable bonds is 5. The van der Waals surface area contributed by atoms with Crippen molar-refractivity contribution < 1.29 is 17.9 Å². The summed E-state index contributed by atoms with van der Waals surface area (Å²) in [5, 5.41) is 8.77. The summed E-state index contributed by atoms with van der Waals surface area (Å²) in [5.74, 6) is 2.15. The van der Waals surface area contributed by atoms with Gasteiger partial charge in [0, 0.05) is 31.7 Å². The Kier molecular flexibility index (Phi) is 5.79. The number of aromatic nitrogens is 2. The average Bonchev–Trinajstić information content (AvgIpc) is 3.42. The molecule has 36 heavy (non-hydrogen) atoms. The molecule has 1 aromatic heterocycles. The van der Waals surface area contributed by atoms with Gasteiger partial charge < -0.3 is 14.4 Å².